The summed E-state index contributed by atoms with van der Waals surface area (Å²) in [4.78, 5) is 33.8. The molecular formula is C16H9ClF3NO4. The first-order valence-electron chi connectivity index (χ1n) is 6.78. The Labute approximate surface area is 144 Å². The number of halogens is 4. The number of benzene rings is 2. The second kappa shape index (κ2) is 7.02. The Bertz CT molecular complexity index is 897. The maximum absolute atomic E-state index is 13.9. The van der Waals surface area contributed by atoms with E-state index in [0.29, 0.717) is 5.02 Å². The van der Waals surface area contributed by atoms with E-state index in [1.807, 2.05) is 0 Å². The number of carbonyl (C=O) groups excluding carboxylic acids is 2. The van der Waals surface area contributed by atoms with Crippen LogP contribution in [0.15, 0.2) is 24.3 Å². The van der Waals surface area contributed by atoms with Gasteiger partial charge in [-0.05, 0) is 31.2 Å². The minimum absolute atomic E-state index is 0.0906. The second-order valence-electron chi connectivity index (χ2n) is 5.08. The highest BCUT2D eigenvalue weighted by molar-refractivity contribution is 6.30. The van der Waals surface area contributed by atoms with Crippen LogP contribution in [0, 0.1) is 34.5 Å². The van der Waals surface area contributed by atoms with Gasteiger partial charge in [0.25, 0.3) is 0 Å². The van der Waals surface area contributed by atoms with Crippen LogP contribution in [0.2, 0.25) is 5.02 Å². The number of hydrogen-bond donors (Lipinski definition) is 0. The molecule has 0 N–H and O–H groups in total. The first-order valence-corrected chi connectivity index (χ1v) is 7.16. The van der Waals surface area contributed by atoms with Crippen LogP contribution >= 0.6 is 11.6 Å². The highest BCUT2D eigenvalue weighted by Crippen LogP contribution is 2.31. The third-order valence-electron chi connectivity index (χ3n) is 3.49. The van der Waals surface area contributed by atoms with Crippen molar-refractivity contribution in [2.45, 2.75) is 13.3 Å². The summed E-state index contributed by atoms with van der Waals surface area (Å²) < 4.78 is 41.0. The van der Waals surface area contributed by atoms with Crippen LogP contribution in [0.5, 0.6) is 0 Å². The van der Waals surface area contributed by atoms with Gasteiger partial charge in [0.15, 0.2) is 17.4 Å². The lowest BCUT2D eigenvalue weighted by Gasteiger charge is -2.09. The third-order valence-corrected chi connectivity index (χ3v) is 3.74. The molecule has 0 fully saturated rings. The van der Waals surface area contributed by atoms with E-state index in [0.717, 1.165) is 6.92 Å². The molecule has 0 atom stereocenters. The largest absolute Gasteiger partial charge is 0.311 e. The molecule has 0 heterocycles. The first kappa shape index (κ1) is 18.6. The predicted octanol–water partition coefficient (Wildman–Crippen LogP) is 4.43. The van der Waals surface area contributed by atoms with Crippen LogP contribution in [0.1, 0.15) is 32.7 Å². The van der Waals surface area contributed by atoms with E-state index in [-0.39, 0.29) is 5.56 Å². The summed E-state index contributed by atoms with van der Waals surface area (Å²) >= 11 is 5.67. The average molecular weight is 372 g/mol. The summed E-state index contributed by atoms with van der Waals surface area (Å²) in [5.74, 6) is -7.93. The molecule has 0 radical (unpaired) electrons. The summed E-state index contributed by atoms with van der Waals surface area (Å²) in [6.07, 6.45) is -0.873. The molecule has 2 aromatic carbocycles. The Hall–Kier alpha value is -2.74. The van der Waals surface area contributed by atoms with Crippen molar-refractivity contribution < 1.29 is 27.7 Å². The maximum Gasteiger partial charge on any atom is 0.311 e. The Morgan fingerprint density at radius 3 is 2.12 bits per heavy atom. The van der Waals surface area contributed by atoms with E-state index in [4.69, 9.17) is 11.6 Å². The van der Waals surface area contributed by atoms with Crippen LogP contribution in [0.3, 0.4) is 0 Å². The van der Waals surface area contributed by atoms with Gasteiger partial charge in [-0.1, -0.05) is 11.6 Å². The van der Waals surface area contributed by atoms with E-state index in [1.54, 1.807) is 0 Å². The molecular weight excluding hydrogens is 363 g/mol. The molecule has 2 rings (SSSR count). The predicted molar refractivity (Wildman–Crippen MR) is 82.4 cm³/mol. The molecule has 0 bridgehead atoms. The van der Waals surface area contributed by atoms with E-state index in [1.165, 1.54) is 24.3 Å². The topological polar surface area (TPSA) is 77.3 Å². The molecule has 9 heteroatoms. The maximum atomic E-state index is 13.9. The smallest absolute Gasteiger partial charge is 0.294 e. The van der Waals surface area contributed by atoms with Crippen molar-refractivity contribution in [3.8, 4) is 0 Å². The van der Waals surface area contributed by atoms with Crippen LogP contribution in [0.25, 0.3) is 0 Å². The Morgan fingerprint density at radius 1 is 1.04 bits per heavy atom. The number of nitro groups is 1. The molecule has 0 aromatic heterocycles. The van der Waals surface area contributed by atoms with Gasteiger partial charge < -0.3 is 0 Å². The van der Waals surface area contributed by atoms with Gasteiger partial charge in [0.05, 0.1) is 16.9 Å². The van der Waals surface area contributed by atoms with Crippen molar-refractivity contribution >= 4 is 28.9 Å². The quantitative estimate of drug-likeness (QED) is 0.256. The normalized spacial score (nSPS) is 10.6. The Morgan fingerprint density at radius 2 is 1.60 bits per heavy atom. The zero-order valence-electron chi connectivity index (χ0n) is 12.6. The van der Waals surface area contributed by atoms with Gasteiger partial charge in [0.1, 0.15) is 0 Å². The molecule has 0 saturated heterocycles. The lowest BCUT2D eigenvalue weighted by Crippen LogP contribution is -2.15. The first-order chi connectivity index (χ1) is 11.6. The molecule has 2 aromatic rings. The molecule has 0 aliphatic heterocycles. The lowest BCUT2D eigenvalue weighted by molar-refractivity contribution is -0.388. The van der Waals surface area contributed by atoms with E-state index >= 15 is 0 Å². The van der Waals surface area contributed by atoms with Crippen LogP contribution in [-0.2, 0) is 0 Å². The number of Topliss-reactive ketones (excluding diaryl/α,β-unsaturated/α-hetero) is 2. The Balaban J connectivity index is 2.44. The Kier molecular flexibility index (Phi) is 5.22. The molecule has 0 saturated carbocycles. The lowest BCUT2D eigenvalue weighted by atomic mass is 9.96. The summed E-state index contributed by atoms with van der Waals surface area (Å²) in [6.45, 7) is 0.906. The average Bonchev–Trinajstić information content (AvgIpc) is 2.53. The van der Waals surface area contributed by atoms with Crippen molar-refractivity contribution in [2.75, 3.05) is 0 Å². The molecule has 25 heavy (non-hydrogen) atoms. The number of nitrogens with zero attached hydrogens (tertiary/aromatic N) is 1. The van der Waals surface area contributed by atoms with E-state index < -0.39 is 57.2 Å². The number of carbonyl (C=O) groups is 2. The fraction of sp³-hybridized carbons (Fsp3) is 0.125. The van der Waals surface area contributed by atoms with E-state index in [2.05, 4.69) is 0 Å². The molecule has 0 aliphatic rings. The van der Waals surface area contributed by atoms with Gasteiger partial charge in [-0.25, -0.2) is 8.78 Å². The van der Waals surface area contributed by atoms with E-state index in [9.17, 15) is 32.9 Å². The molecule has 130 valence electrons. The van der Waals surface area contributed by atoms with Gasteiger partial charge >= 0.3 is 5.69 Å². The van der Waals surface area contributed by atoms with Gasteiger partial charge in [-0.15, -0.1) is 0 Å². The minimum Gasteiger partial charge on any atom is -0.294 e. The number of ketones is 2. The van der Waals surface area contributed by atoms with Crippen molar-refractivity contribution in [3.05, 3.63) is 73.5 Å². The van der Waals surface area contributed by atoms with Crippen molar-refractivity contribution in [1.29, 1.82) is 0 Å². The third kappa shape index (κ3) is 3.53. The van der Waals surface area contributed by atoms with Crippen LogP contribution in [0.4, 0.5) is 18.9 Å². The second-order valence-corrected chi connectivity index (χ2v) is 5.51. The molecule has 5 nitrogen and oxygen atoms in total. The fourth-order valence-electron chi connectivity index (χ4n) is 2.28. The van der Waals surface area contributed by atoms with Crippen molar-refractivity contribution in [1.82, 2.24) is 0 Å². The molecule has 0 unspecified atom stereocenters. The SMILES string of the molecule is Cc1c(C(=O)CC(=O)c2ccc(Cl)cc2)c(F)c(F)c(F)c1[N+](=O)[O-]. The standard InChI is InChI=1S/C16H9ClF3NO4/c1-7-12(13(18)14(19)15(20)16(7)21(24)25)11(23)6-10(22)8-2-4-9(17)5-3-8/h2-5H,6H2,1H3. The van der Waals surface area contributed by atoms with Crippen LogP contribution in [-0.4, -0.2) is 16.5 Å². The number of rotatable bonds is 5. The molecule has 0 aliphatic carbocycles. The zero-order chi connectivity index (χ0) is 18.9. The summed E-state index contributed by atoms with van der Waals surface area (Å²) in [6, 6.07) is 5.45. The van der Waals surface area contributed by atoms with Gasteiger partial charge in [-0.3, -0.25) is 19.7 Å². The molecule has 0 amide bonds. The summed E-state index contributed by atoms with van der Waals surface area (Å²) in [5.41, 5.74) is -2.96. The highest BCUT2D eigenvalue weighted by Gasteiger charge is 2.33. The summed E-state index contributed by atoms with van der Waals surface area (Å²) in [5, 5.41) is 11.2. The number of nitro benzene ring substituents is 1. The van der Waals surface area contributed by atoms with Crippen molar-refractivity contribution in [3.63, 3.8) is 0 Å². The summed E-state index contributed by atoms with van der Waals surface area (Å²) in [7, 11) is 0. The minimum atomic E-state index is -2.14. The van der Waals surface area contributed by atoms with Gasteiger partial charge in [0.2, 0.25) is 11.6 Å². The number of hydrogen-bond acceptors (Lipinski definition) is 4. The fourth-order valence-corrected chi connectivity index (χ4v) is 2.40. The van der Waals surface area contributed by atoms with Gasteiger partial charge in [0, 0.05) is 16.1 Å². The highest BCUT2D eigenvalue weighted by atomic mass is 35.5. The van der Waals surface area contributed by atoms with Crippen molar-refractivity contribution in [2.24, 2.45) is 0 Å². The van der Waals surface area contributed by atoms with Crippen LogP contribution < -0.4 is 0 Å². The molecule has 0 spiro atoms. The van der Waals surface area contributed by atoms with Gasteiger partial charge in [-0.2, -0.15) is 4.39 Å². The zero-order valence-corrected chi connectivity index (χ0v) is 13.4. The monoisotopic (exact) mass is 371 g/mol.